The second kappa shape index (κ2) is 11.5. The van der Waals surface area contributed by atoms with Crippen LogP contribution in [0.1, 0.15) is 32.8 Å². The minimum Gasteiger partial charge on any atom is -0.444 e. The number of nitrogens with zero attached hydrogens (tertiary/aromatic N) is 6. The number of benzene rings is 1. The number of piperazine rings is 1. The fraction of sp³-hybridized carbons (Fsp3) is 0.571. The van der Waals surface area contributed by atoms with Crippen molar-refractivity contribution in [2.45, 2.75) is 51.4 Å². The van der Waals surface area contributed by atoms with Gasteiger partial charge in [0.2, 0.25) is 5.95 Å². The summed E-state index contributed by atoms with van der Waals surface area (Å²) in [5.41, 5.74) is 2.34. The van der Waals surface area contributed by atoms with E-state index in [-0.39, 0.29) is 18.1 Å². The van der Waals surface area contributed by atoms with E-state index >= 15 is 0 Å². The standard InChI is InChI=1S/C28H41N9O3/c1-28(2,3)40-26(38)32-22-17-29-11-10-23(22)37-18-19-16-30-25(33-24(19)35(5)27(37)39)31-20-6-8-21(9-7-20)36-14-12-34(4)13-15-36/h6-9,16,22-23,29H,10-15,17-18H2,1-5H3,(H,32,38)(H,30,31,33)/t22-,23?/m1/s1. The first-order chi connectivity index (χ1) is 19.1. The minimum atomic E-state index is -0.600. The number of alkyl carbamates (subject to hydrolysis) is 1. The van der Waals surface area contributed by atoms with E-state index in [1.54, 1.807) is 23.0 Å². The molecule has 1 unspecified atom stereocenters. The molecule has 4 heterocycles. The van der Waals surface area contributed by atoms with Gasteiger partial charge in [-0.2, -0.15) is 4.98 Å². The van der Waals surface area contributed by atoms with Gasteiger partial charge in [0, 0.05) is 62.9 Å². The molecular formula is C28H41N9O3. The van der Waals surface area contributed by atoms with Crippen LogP contribution in [0, 0.1) is 0 Å². The number of anilines is 4. The summed E-state index contributed by atoms with van der Waals surface area (Å²) in [7, 11) is 3.88. The van der Waals surface area contributed by atoms with Crippen molar-refractivity contribution in [3.05, 3.63) is 36.0 Å². The van der Waals surface area contributed by atoms with E-state index in [9.17, 15) is 9.59 Å². The first kappa shape index (κ1) is 27.9. The normalized spacial score (nSPS) is 22.1. The number of likely N-dealkylation sites (N-methyl/N-ethyl adjacent to an activating group) is 1. The summed E-state index contributed by atoms with van der Waals surface area (Å²) >= 11 is 0. The number of carbonyl (C=O) groups is 2. The average molecular weight is 552 g/mol. The highest BCUT2D eigenvalue weighted by molar-refractivity contribution is 5.93. The molecule has 3 aliphatic rings. The molecule has 3 aliphatic heterocycles. The van der Waals surface area contributed by atoms with Gasteiger partial charge < -0.3 is 35.4 Å². The van der Waals surface area contributed by atoms with Crippen molar-refractivity contribution in [1.82, 2.24) is 30.4 Å². The topological polar surface area (TPSA) is 118 Å². The van der Waals surface area contributed by atoms with Crippen molar-refractivity contribution >= 4 is 35.3 Å². The summed E-state index contributed by atoms with van der Waals surface area (Å²) in [4.78, 5) is 43.4. The number of hydrogen-bond acceptors (Lipinski definition) is 9. The van der Waals surface area contributed by atoms with Crippen LogP contribution in [0.3, 0.4) is 0 Å². The van der Waals surface area contributed by atoms with Gasteiger partial charge in [0.15, 0.2) is 0 Å². The number of amides is 3. The van der Waals surface area contributed by atoms with E-state index < -0.39 is 11.7 Å². The number of urea groups is 1. The van der Waals surface area contributed by atoms with Gasteiger partial charge in [-0.25, -0.2) is 14.6 Å². The molecule has 0 aliphatic carbocycles. The molecule has 12 nitrogen and oxygen atoms in total. The number of hydrogen-bond donors (Lipinski definition) is 3. The molecule has 0 saturated carbocycles. The minimum absolute atomic E-state index is 0.156. The zero-order chi connectivity index (χ0) is 28.4. The monoisotopic (exact) mass is 551 g/mol. The number of aromatic nitrogens is 2. The van der Waals surface area contributed by atoms with Crippen molar-refractivity contribution in [2.24, 2.45) is 0 Å². The molecule has 12 heteroatoms. The third-order valence-electron chi connectivity index (χ3n) is 7.57. The maximum absolute atomic E-state index is 13.5. The van der Waals surface area contributed by atoms with Crippen LogP contribution in [0.15, 0.2) is 30.5 Å². The fourth-order valence-electron chi connectivity index (χ4n) is 5.43. The molecule has 3 amide bonds. The van der Waals surface area contributed by atoms with Gasteiger partial charge in [-0.15, -0.1) is 0 Å². The third-order valence-corrected chi connectivity index (χ3v) is 7.57. The predicted molar refractivity (Wildman–Crippen MR) is 155 cm³/mol. The fourth-order valence-corrected chi connectivity index (χ4v) is 5.43. The number of ether oxygens (including phenoxy) is 1. The number of carbonyl (C=O) groups excluding carboxylic acids is 2. The Kier molecular flexibility index (Phi) is 7.99. The van der Waals surface area contributed by atoms with Crippen LogP contribution in [-0.2, 0) is 11.3 Å². The number of rotatable bonds is 5. The van der Waals surface area contributed by atoms with Gasteiger partial charge >= 0.3 is 12.1 Å². The zero-order valence-electron chi connectivity index (χ0n) is 24.1. The van der Waals surface area contributed by atoms with Crippen LogP contribution in [0.2, 0.25) is 0 Å². The lowest BCUT2D eigenvalue weighted by atomic mass is 9.98. The van der Waals surface area contributed by atoms with E-state index in [4.69, 9.17) is 4.74 Å². The summed E-state index contributed by atoms with van der Waals surface area (Å²) in [6.07, 6.45) is 2.00. The summed E-state index contributed by atoms with van der Waals surface area (Å²) in [6.45, 7) is 11.3. The number of fused-ring (bicyclic) bond motifs is 1. The SMILES string of the molecule is CN1CCN(c2ccc(Nc3ncc4c(n3)N(C)C(=O)N(C3CCNC[C@H]3NC(=O)OC(C)(C)C)C4)cc2)CC1. The highest BCUT2D eigenvalue weighted by atomic mass is 16.6. The Hall–Kier alpha value is -3.64. The van der Waals surface area contributed by atoms with Crippen LogP contribution in [0.4, 0.5) is 32.7 Å². The Morgan fingerprint density at radius 1 is 1.10 bits per heavy atom. The van der Waals surface area contributed by atoms with E-state index in [0.29, 0.717) is 31.3 Å². The Bertz CT molecular complexity index is 1210. The van der Waals surface area contributed by atoms with Crippen LogP contribution >= 0.6 is 0 Å². The quantitative estimate of drug-likeness (QED) is 0.515. The van der Waals surface area contributed by atoms with E-state index in [0.717, 1.165) is 44.0 Å². The van der Waals surface area contributed by atoms with Crippen LogP contribution in [0.25, 0.3) is 0 Å². The molecule has 0 radical (unpaired) electrons. The summed E-state index contributed by atoms with van der Waals surface area (Å²) in [5, 5.41) is 9.55. The Labute approximate surface area is 236 Å². The molecule has 5 rings (SSSR count). The number of piperidine rings is 1. The number of nitrogens with one attached hydrogen (secondary N) is 3. The molecule has 3 N–H and O–H groups in total. The lowest BCUT2D eigenvalue weighted by molar-refractivity contribution is 0.0449. The zero-order valence-corrected chi connectivity index (χ0v) is 24.1. The summed E-state index contributed by atoms with van der Waals surface area (Å²) in [6, 6.07) is 7.66. The maximum atomic E-state index is 13.5. The molecule has 2 saturated heterocycles. The average Bonchev–Trinajstić information content (AvgIpc) is 2.91. The summed E-state index contributed by atoms with van der Waals surface area (Å²) in [5.74, 6) is 1.02. The molecule has 0 spiro atoms. The predicted octanol–water partition coefficient (Wildman–Crippen LogP) is 2.60. The Morgan fingerprint density at radius 3 is 2.52 bits per heavy atom. The first-order valence-electron chi connectivity index (χ1n) is 14.0. The van der Waals surface area contributed by atoms with Gasteiger partial charge in [-0.1, -0.05) is 0 Å². The Balaban J connectivity index is 1.26. The van der Waals surface area contributed by atoms with E-state index in [1.807, 2.05) is 32.9 Å². The second-order valence-corrected chi connectivity index (χ2v) is 11.8. The van der Waals surface area contributed by atoms with E-state index in [1.165, 1.54) is 5.69 Å². The van der Waals surface area contributed by atoms with Crippen LogP contribution < -0.4 is 25.8 Å². The highest BCUT2D eigenvalue weighted by Crippen LogP contribution is 2.30. The lowest BCUT2D eigenvalue weighted by Crippen LogP contribution is -2.63. The molecule has 0 bridgehead atoms. The smallest absolute Gasteiger partial charge is 0.407 e. The van der Waals surface area contributed by atoms with Gasteiger partial charge in [-0.3, -0.25) is 4.90 Å². The van der Waals surface area contributed by atoms with Crippen molar-refractivity contribution in [1.29, 1.82) is 0 Å². The summed E-state index contributed by atoms with van der Waals surface area (Å²) < 4.78 is 5.46. The Morgan fingerprint density at radius 2 is 1.82 bits per heavy atom. The molecule has 216 valence electrons. The molecule has 2 aromatic rings. The van der Waals surface area contributed by atoms with Crippen molar-refractivity contribution < 1.29 is 14.3 Å². The molecule has 1 aromatic carbocycles. The van der Waals surface area contributed by atoms with Gasteiger partial charge in [0.1, 0.15) is 11.4 Å². The molecule has 2 atom stereocenters. The third kappa shape index (κ3) is 6.39. The second-order valence-electron chi connectivity index (χ2n) is 11.8. The lowest BCUT2D eigenvalue weighted by Gasteiger charge is -2.44. The van der Waals surface area contributed by atoms with Crippen molar-refractivity contribution in [3.63, 3.8) is 0 Å². The van der Waals surface area contributed by atoms with Crippen molar-refractivity contribution in [2.75, 3.05) is 68.5 Å². The van der Waals surface area contributed by atoms with Crippen LogP contribution in [0.5, 0.6) is 0 Å². The molecule has 1 aromatic heterocycles. The van der Waals surface area contributed by atoms with Crippen LogP contribution in [-0.4, -0.2) is 103 Å². The van der Waals surface area contributed by atoms with Gasteiger partial charge in [0.25, 0.3) is 0 Å². The highest BCUT2D eigenvalue weighted by Gasteiger charge is 2.39. The molecule has 40 heavy (non-hydrogen) atoms. The first-order valence-corrected chi connectivity index (χ1v) is 14.0. The maximum Gasteiger partial charge on any atom is 0.407 e. The van der Waals surface area contributed by atoms with E-state index in [2.05, 4.69) is 54.9 Å². The largest absolute Gasteiger partial charge is 0.444 e. The van der Waals surface area contributed by atoms with Gasteiger partial charge in [-0.05, 0) is 65.0 Å². The molecule has 2 fully saturated rings. The van der Waals surface area contributed by atoms with Gasteiger partial charge in [0.05, 0.1) is 18.6 Å². The molecular weight excluding hydrogens is 510 g/mol. The van der Waals surface area contributed by atoms with Crippen molar-refractivity contribution in [3.8, 4) is 0 Å².